The number of benzene rings is 4. The van der Waals surface area contributed by atoms with Gasteiger partial charge in [-0.05, 0) is 72.9 Å². The standard InChI is InChI=1S/C34H27N3O/c1-34(2)22-27(28(23-35)24-36)21-31(38-34)20-17-25-15-18-30(19-16-25)37(29-11-4-3-5-12-29)33-14-8-10-26-9-6-7-13-32(26)33/h3-21H,22H2,1-2H3/b20-17+. The van der Waals surface area contributed by atoms with E-state index in [1.165, 1.54) is 10.8 Å². The van der Waals surface area contributed by atoms with E-state index in [0.717, 1.165) is 22.6 Å². The van der Waals surface area contributed by atoms with E-state index in [1.807, 2.05) is 44.2 Å². The van der Waals surface area contributed by atoms with Crippen molar-refractivity contribution >= 4 is 33.9 Å². The lowest BCUT2D eigenvalue weighted by atomic mass is 9.92. The van der Waals surface area contributed by atoms with E-state index in [0.29, 0.717) is 17.8 Å². The molecule has 0 amide bonds. The highest BCUT2D eigenvalue weighted by atomic mass is 16.5. The molecule has 0 aromatic heterocycles. The third-order valence-electron chi connectivity index (χ3n) is 6.48. The van der Waals surface area contributed by atoms with Crippen molar-refractivity contribution in [1.29, 1.82) is 10.5 Å². The van der Waals surface area contributed by atoms with Gasteiger partial charge in [-0.2, -0.15) is 10.5 Å². The van der Waals surface area contributed by atoms with Crippen LogP contribution in [-0.2, 0) is 4.74 Å². The van der Waals surface area contributed by atoms with Gasteiger partial charge in [0.2, 0.25) is 0 Å². The second-order valence-corrected chi connectivity index (χ2v) is 9.80. The Kier molecular flexibility index (Phi) is 6.81. The molecule has 184 valence electrons. The Labute approximate surface area is 223 Å². The van der Waals surface area contributed by atoms with Crippen LogP contribution in [0, 0.1) is 22.7 Å². The van der Waals surface area contributed by atoms with E-state index in [2.05, 4.69) is 95.9 Å². The number of nitriles is 2. The van der Waals surface area contributed by atoms with Crippen molar-refractivity contribution in [1.82, 2.24) is 0 Å². The van der Waals surface area contributed by atoms with Gasteiger partial charge >= 0.3 is 0 Å². The normalized spacial score (nSPS) is 14.3. The molecule has 1 heterocycles. The van der Waals surface area contributed by atoms with Crippen LogP contribution < -0.4 is 4.90 Å². The molecule has 0 unspecified atom stereocenters. The number of rotatable bonds is 5. The van der Waals surface area contributed by atoms with Gasteiger partial charge in [0.15, 0.2) is 0 Å². The average molecular weight is 494 g/mol. The molecular formula is C34H27N3O. The molecule has 4 aromatic carbocycles. The van der Waals surface area contributed by atoms with Gasteiger partial charge in [0.05, 0.1) is 5.69 Å². The average Bonchev–Trinajstić information content (AvgIpc) is 2.93. The number of hydrogen-bond acceptors (Lipinski definition) is 4. The Morgan fingerprint density at radius 2 is 1.45 bits per heavy atom. The van der Waals surface area contributed by atoms with E-state index < -0.39 is 5.60 Å². The van der Waals surface area contributed by atoms with E-state index >= 15 is 0 Å². The summed E-state index contributed by atoms with van der Waals surface area (Å²) in [5.41, 5.74) is 4.60. The minimum atomic E-state index is -0.499. The summed E-state index contributed by atoms with van der Waals surface area (Å²) in [7, 11) is 0. The maximum Gasteiger partial charge on any atom is 0.133 e. The smallest absolute Gasteiger partial charge is 0.133 e. The van der Waals surface area contributed by atoms with Crippen molar-refractivity contribution in [3.05, 3.63) is 132 Å². The van der Waals surface area contributed by atoms with Crippen LogP contribution in [0.4, 0.5) is 17.1 Å². The number of nitrogens with zero attached hydrogens (tertiary/aromatic N) is 3. The van der Waals surface area contributed by atoms with Crippen LogP contribution in [0.5, 0.6) is 0 Å². The van der Waals surface area contributed by atoms with Gasteiger partial charge in [-0.1, -0.05) is 72.8 Å². The number of anilines is 3. The van der Waals surface area contributed by atoms with Crippen LogP contribution in [-0.4, -0.2) is 5.60 Å². The van der Waals surface area contributed by atoms with Crippen LogP contribution in [0.2, 0.25) is 0 Å². The molecular weight excluding hydrogens is 466 g/mol. The van der Waals surface area contributed by atoms with Crippen LogP contribution in [0.25, 0.3) is 16.8 Å². The van der Waals surface area contributed by atoms with Gasteiger partial charge in [-0.15, -0.1) is 0 Å². The Morgan fingerprint density at radius 3 is 2.18 bits per heavy atom. The van der Waals surface area contributed by atoms with Gasteiger partial charge in [0.25, 0.3) is 0 Å². The van der Waals surface area contributed by atoms with Crippen molar-refractivity contribution < 1.29 is 4.74 Å². The summed E-state index contributed by atoms with van der Waals surface area (Å²) in [4.78, 5) is 2.27. The fourth-order valence-corrected chi connectivity index (χ4v) is 4.80. The highest BCUT2D eigenvalue weighted by Gasteiger charge is 2.27. The maximum atomic E-state index is 9.31. The van der Waals surface area contributed by atoms with Crippen molar-refractivity contribution in [3.8, 4) is 12.1 Å². The fourth-order valence-electron chi connectivity index (χ4n) is 4.80. The molecule has 4 nitrogen and oxygen atoms in total. The monoisotopic (exact) mass is 493 g/mol. The molecule has 0 atom stereocenters. The van der Waals surface area contributed by atoms with Gasteiger partial charge in [0, 0.05) is 23.2 Å². The van der Waals surface area contributed by atoms with Crippen LogP contribution in [0.1, 0.15) is 25.8 Å². The Hall–Kier alpha value is -5.06. The lowest BCUT2D eigenvalue weighted by Gasteiger charge is -2.31. The van der Waals surface area contributed by atoms with E-state index in [9.17, 15) is 10.5 Å². The molecule has 0 aliphatic carbocycles. The first kappa shape index (κ1) is 24.6. The third-order valence-corrected chi connectivity index (χ3v) is 6.48. The molecule has 1 aliphatic heterocycles. The highest BCUT2D eigenvalue weighted by Crippen LogP contribution is 2.39. The zero-order chi connectivity index (χ0) is 26.5. The van der Waals surface area contributed by atoms with Crippen LogP contribution >= 0.6 is 0 Å². The molecule has 0 fully saturated rings. The quantitative estimate of drug-likeness (QED) is 0.261. The first-order chi connectivity index (χ1) is 18.5. The molecule has 0 bridgehead atoms. The Balaban J connectivity index is 1.49. The summed E-state index contributed by atoms with van der Waals surface area (Å²) in [6.45, 7) is 3.92. The van der Waals surface area contributed by atoms with Crippen molar-refractivity contribution in [2.24, 2.45) is 0 Å². The van der Waals surface area contributed by atoms with Gasteiger partial charge in [-0.25, -0.2) is 0 Å². The van der Waals surface area contributed by atoms with Gasteiger partial charge in [-0.3, -0.25) is 0 Å². The van der Waals surface area contributed by atoms with E-state index in [1.54, 1.807) is 6.08 Å². The number of hydrogen-bond donors (Lipinski definition) is 0. The summed E-state index contributed by atoms with van der Waals surface area (Å²) in [5, 5.41) is 21.0. The molecule has 0 saturated heterocycles. The summed E-state index contributed by atoms with van der Waals surface area (Å²) in [6.07, 6.45) is 6.17. The Morgan fingerprint density at radius 1 is 0.789 bits per heavy atom. The minimum absolute atomic E-state index is 0.131. The van der Waals surface area contributed by atoms with Crippen molar-refractivity contribution in [2.75, 3.05) is 4.90 Å². The van der Waals surface area contributed by atoms with Gasteiger partial charge in [0.1, 0.15) is 29.1 Å². The predicted molar refractivity (Wildman–Crippen MR) is 154 cm³/mol. The van der Waals surface area contributed by atoms with Crippen molar-refractivity contribution in [3.63, 3.8) is 0 Å². The predicted octanol–water partition coefficient (Wildman–Crippen LogP) is 8.75. The molecule has 0 N–H and O–H groups in total. The summed E-state index contributed by atoms with van der Waals surface area (Å²) >= 11 is 0. The minimum Gasteiger partial charge on any atom is -0.488 e. The zero-order valence-corrected chi connectivity index (χ0v) is 21.4. The molecule has 0 saturated carbocycles. The van der Waals surface area contributed by atoms with Crippen molar-refractivity contribution in [2.45, 2.75) is 25.9 Å². The maximum absolute atomic E-state index is 9.31. The lowest BCUT2D eigenvalue weighted by molar-refractivity contribution is 0.0356. The third kappa shape index (κ3) is 5.21. The molecule has 38 heavy (non-hydrogen) atoms. The number of para-hydroxylation sites is 1. The highest BCUT2D eigenvalue weighted by molar-refractivity contribution is 5.98. The largest absolute Gasteiger partial charge is 0.488 e. The molecule has 1 aliphatic rings. The summed E-state index contributed by atoms with van der Waals surface area (Å²) in [6, 6.07) is 37.6. The molecule has 4 heteroatoms. The van der Waals surface area contributed by atoms with Crippen LogP contribution in [0.3, 0.4) is 0 Å². The van der Waals surface area contributed by atoms with E-state index in [4.69, 9.17) is 4.74 Å². The summed E-state index contributed by atoms with van der Waals surface area (Å²) < 4.78 is 6.10. The molecule has 4 aromatic rings. The first-order valence-corrected chi connectivity index (χ1v) is 12.5. The number of fused-ring (bicyclic) bond motifs is 1. The zero-order valence-electron chi connectivity index (χ0n) is 21.4. The molecule has 5 rings (SSSR count). The second kappa shape index (κ2) is 10.5. The SMILES string of the molecule is CC1(C)CC(=C(C#N)C#N)C=C(/C=C/c2ccc(N(c3ccccc3)c3cccc4ccccc34)cc2)O1. The molecule has 0 spiro atoms. The van der Waals surface area contributed by atoms with Gasteiger partial charge < -0.3 is 9.64 Å². The molecule has 0 radical (unpaired) electrons. The fraction of sp³-hybridized carbons (Fsp3) is 0.118. The van der Waals surface area contributed by atoms with E-state index in [-0.39, 0.29) is 5.57 Å². The topological polar surface area (TPSA) is 60.0 Å². The summed E-state index contributed by atoms with van der Waals surface area (Å²) in [5.74, 6) is 0.630. The second-order valence-electron chi connectivity index (χ2n) is 9.80. The first-order valence-electron chi connectivity index (χ1n) is 12.5. The van der Waals surface area contributed by atoms with Crippen LogP contribution in [0.15, 0.2) is 126 Å². The number of ether oxygens (including phenoxy) is 1. The lowest BCUT2D eigenvalue weighted by Crippen LogP contribution is -2.27. The number of allylic oxidation sites excluding steroid dienone is 3. The Bertz CT molecular complexity index is 1630.